The SMILES string of the molecule is CC(C)(C)NCc1ncc(-c2ccc(I)c(Cl)c2)o1. The minimum Gasteiger partial charge on any atom is -0.439 e. The van der Waals surface area contributed by atoms with Crippen LogP contribution in [0.1, 0.15) is 26.7 Å². The van der Waals surface area contributed by atoms with Crippen molar-refractivity contribution >= 4 is 34.2 Å². The van der Waals surface area contributed by atoms with E-state index in [9.17, 15) is 0 Å². The van der Waals surface area contributed by atoms with Crippen molar-refractivity contribution in [2.24, 2.45) is 0 Å². The maximum atomic E-state index is 6.11. The monoisotopic (exact) mass is 390 g/mol. The second-order valence-electron chi connectivity index (χ2n) is 5.35. The Hall–Kier alpha value is -0.590. The van der Waals surface area contributed by atoms with Gasteiger partial charge < -0.3 is 9.73 Å². The molecule has 1 N–H and O–H groups in total. The second kappa shape index (κ2) is 5.81. The van der Waals surface area contributed by atoms with Gasteiger partial charge in [-0.3, -0.25) is 0 Å². The van der Waals surface area contributed by atoms with Gasteiger partial charge in [0.1, 0.15) is 0 Å². The number of hydrogen-bond donors (Lipinski definition) is 1. The summed E-state index contributed by atoms with van der Waals surface area (Å²) >= 11 is 8.31. The highest BCUT2D eigenvalue weighted by atomic mass is 127. The lowest BCUT2D eigenvalue weighted by atomic mass is 10.1. The number of aromatic nitrogens is 1. The highest BCUT2D eigenvalue weighted by Crippen LogP contribution is 2.27. The molecule has 5 heteroatoms. The van der Waals surface area contributed by atoms with Crippen LogP contribution >= 0.6 is 34.2 Å². The summed E-state index contributed by atoms with van der Waals surface area (Å²) in [6, 6.07) is 5.84. The maximum absolute atomic E-state index is 6.11. The van der Waals surface area contributed by atoms with Gasteiger partial charge in [-0.2, -0.15) is 0 Å². The van der Waals surface area contributed by atoms with Gasteiger partial charge in [-0.25, -0.2) is 4.98 Å². The smallest absolute Gasteiger partial charge is 0.208 e. The van der Waals surface area contributed by atoms with Crippen LogP contribution in [0.4, 0.5) is 0 Å². The molecule has 1 heterocycles. The van der Waals surface area contributed by atoms with E-state index in [0.717, 1.165) is 19.9 Å². The van der Waals surface area contributed by atoms with Gasteiger partial charge in [0.15, 0.2) is 5.76 Å². The van der Waals surface area contributed by atoms with E-state index >= 15 is 0 Å². The number of nitrogens with zero attached hydrogens (tertiary/aromatic N) is 1. The van der Waals surface area contributed by atoms with Crippen molar-refractivity contribution in [2.45, 2.75) is 32.9 Å². The predicted molar refractivity (Wildman–Crippen MR) is 86.3 cm³/mol. The molecule has 0 spiro atoms. The maximum Gasteiger partial charge on any atom is 0.208 e. The fraction of sp³-hybridized carbons (Fsp3) is 0.357. The lowest BCUT2D eigenvalue weighted by molar-refractivity contribution is 0.383. The van der Waals surface area contributed by atoms with Gasteiger partial charge in [0.2, 0.25) is 5.89 Å². The van der Waals surface area contributed by atoms with Gasteiger partial charge in [0.25, 0.3) is 0 Å². The van der Waals surface area contributed by atoms with Crippen LogP contribution in [0.25, 0.3) is 11.3 Å². The molecule has 1 aromatic heterocycles. The van der Waals surface area contributed by atoms with Crippen LogP contribution < -0.4 is 5.32 Å². The van der Waals surface area contributed by atoms with Gasteiger partial charge in [0.05, 0.1) is 17.8 Å². The van der Waals surface area contributed by atoms with Crippen molar-refractivity contribution in [3.8, 4) is 11.3 Å². The summed E-state index contributed by atoms with van der Waals surface area (Å²) in [5, 5.41) is 4.07. The third-order valence-corrected chi connectivity index (χ3v) is 4.10. The topological polar surface area (TPSA) is 38.1 Å². The second-order valence-corrected chi connectivity index (χ2v) is 6.92. The first-order valence-electron chi connectivity index (χ1n) is 6.00. The average Bonchev–Trinajstić information content (AvgIpc) is 2.78. The van der Waals surface area contributed by atoms with Crippen LogP contribution in [0, 0.1) is 3.57 Å². The Balaban J connectivity index is 2.14. The molecule has 102 valence electrons. The lowest BCUT2D eigenvalue weighted by Gasteiger charge is -2.18. The van der Waals surface area contributed by atoms with Gasteiger partial charge in [-0.1, -0.05) is 17.7 Å². The average molecular weight is 391 g/mol. The third-order valence-electron chi connectivity index (χ3n) is 2.53. The van der Waals surface area contributed by atoms with Gasteiger partial charge in [-0.15, -0.1) is 0 Å². The highest BCUT2D eigenvalue weighted by molar-refractivity contribution is 14.1. The summed E-state index contributed by atoms with van der Waals surface area (Å²) in [7, 11) is 0. The van der Waals surface area contributed by atoms with E-state index in [0.29, 0.717) is 12.4 Å². The molecule has 0 saturated carbocycles. The molecular weight excluding hydrogens is 375 g/mol. The minimum atomic E-state index is 0.0425. The summed E-state index contributed by atoms with van der Waals surface area (Å²) in [5.74, 6) is 1.42. The van der Waals surface area contributed by atoms with Crippen molar-refractivity contribution in [3.63, 3.8) is 0 Å². The fourth-order valence-corrected chi connectivity index (χ4v) is 2.03. The van der Waals surface area contributed by atoms with Crippen LogP contribution in [0.2, 0.25) is 5.02 Å². The Bertz CT molecular complexity index is 575. The quantitative estimate of drug-likeness (QED) is 0.785. The van der Waals surface area contributed by atoms with Crippen molar-refractivity contribution in [3.05, 3.63) is 38.9 Å². The molecule has 0 aliphatic heterocycles. The van der Waals surface area contributed by atoms with Crippen LogP contribution in [-0.4, -0.2) is 10.5 Å². The largest absolute Gasteiger partial charge is 0.439 e. The first-order chi connectivity index (χ1) is 8.85. The van der Waals surface area contributed by atoms with Gasteiger partial charge in [-0.05, 0) is 55.5 Å². The summed E-state index contributed by atoms with van der Waals surface area (Å²) in [4.78, 5) is 4.27. The Kier molecular flexibility index (Phi) is 4.53. The van der Waals surface area contributed by atoms with E-state index < -0.39 is 0 Å². The number of oxazole rings is 1. The number of benzene rings is 1. The molecule has 2 rings (SSSR count). The van der Waals surface area contributed by atoms with E-state index in [1.54, 1.807) is 6.20 Å². The molecule has 3 nitrogen and oxygen atoms in total. The molecule has 0 saturated heterocycles. The van der Waals surface area contributed by atoms with Gasteiger partial charge in [0, 0.05) is 14.7 Å². The van der Waals surface area contributed by atoms with E-state index in [4.69, 9.17) is 16.0 Å². The summed E-state index contributed by atoms with van der Waals surface area (Å²) in [5.41, 5.74) is 0.987. The van der Waals surface area contributed by atoms with Crippen molar-refractivity contribution in [1.29, 1.82) is 0 Å². The van der Waals surface area contributed by atoms with Crippen molar-refractivity contribution < 1.29 is 4.42 Å². The Morgan fingerprint density at radius 3 is 2.74 bits per heavy atom. The van der Waals surface area contributed by atoms with Crippen molar-refractivity contribution in [2.75, 3.05) is 0 Å². The van der Waals surface area contributed by atoms with Crippen molar-refractivity contribution in [1.82, 2.24) is 10.3 Å². The normalized spacial score (nSPS) is 11.8. The van der Waals surface area contributed by atoms with Crippen LogP contribution in [0.5, 0.6) is 0 Å². The standard InChI is InChI=1S/C14H16ClIN2O/c1-14(2,3)18-8-13-17-7-12(19-13)9-4-5-11(16)10(15)6-9/h4-7,18H,8H2,1-3H3. The molecule has 0 atom stereocenters. The zero-order chi connectivity index (χ0) is 14.0. The zero-order valence-electron chi connectivity index (χ0n) is 11.1. The highest BCUT2D eigenvalue weighted by Gasteiger charge is 2.12. The molecule has 0 amide bonds. The van der Waals surface area contributed by atoms with E-state index in [1.165, 1.54) is 0 Å². The summed E-state index contributed by atoms with van der Waals surface area (Å²) < 4.78 is 6.75. The minimum absolute atomic E-state index is 0.0425. The molecule has 2 aromatic rings. The first kappa shape index (κ1) is 14.8. The molecule has 1 aromatic carbocycles. The summed E-state index contributed by atoms with van der Waals surface area (Å²) in [6.07, 6.45) is 1.73. The van der Waals surface area contributed by atoms with Crippen LogP contribution in [0.15, 0.2) is 28.8 Å². The number of rotatable bonds is 3. The lowest BCUT2D eigenvalue weighted by Crippen LogP contribution is -2.35. The number of nitrogens with one attached hydrogen (secondary N) is 1. The molecule has 0 fully saturated rings. The third kappa shape index (κ3) is 4.19. The van der Waals surface area contributed by atoms with Crippen LogP contribution in [-0.2, 0) is 6.54 Å². The molecule has 0 aliphatic carbocycles. The van der Waals surface area contributed by atoms with Crippen LogP contribution in [0.3, 0.4) is 0 Å². The van der Waals surface area contributed by atoms with E-state index in [-0.39, 0.29) is 5.54 Å². The molecule has 0 unspecified atom stereocenters. The fourth-order valence-electron chi connectivity index (χ4n) is 1.52. The molecule has 19 heavy (non-hydrogen) atoms. The summed E-state index contributed by atoms with van der Waals surface area (Å²) in [6.45, 7) is 6.93. The van der Waals surface area contributed by atoms with Gasteiger partial charge >= 0.3 is 0 Å². The Morgan fingerprint density at radius 1 is 1.37 bits per heavy atom. The molecule has 0 radical (unpaired) electrons. The van der Waals surface area contributed by atoms with E-state index in [2.05, 4.69) is 53.7 Å². The number of halogens is 2. The molecule has 0 bridgehead atoms. The number of hydrogen-bond acceptors (Lipinski definition) is 3. The molecule has 0 aliphatic rings. The Labute approximate surface area is 131 Å². The Morgan fingerprint density at radius 2 is 2.11 bits per heavy atom. The van der Waals surface area contributed by atoms with E-state index in [1.807, 2.05) is 18.2 Å². The first-order valence-corrected chi connectivity index (χ1v) is 7.46. The zero-order valence-corrected chi connectivity index (χ0v) is 14.0. The molecular formula is C14H16ClIN2O. The predicted octanol–water partition coefficient (Wildman–Crippen LogP) is 4.49.